The highest BCUT2D eigenvalue weighted by atomic mass is 127. The zero-order valence-electron chi connectivity index (χ0n) is 10.2. The molecule has 2 aromatic carbocycles. The third kappa shape index (κ3) is 4.45. The molecule has 6 heteroatoms. The topological polar surface area (TPSA) is 38.3 Å². The lowest BCUT2D eigenvalue weighted by Gasteiger charge is -2.09. The van der Waals surface area contributed by atoms with E-state index in [1.807, 2.05) is 12.1 Å². The van der Waals surface area contributed by atoms with Gasteiger partial charge < -0.3 is 10.1 Å². The summed E-state index contributed by atoms with van der Waals surface area (Å²) in [5, 5.41) is 2.64. The van der Waals surface area contributed by atoms with E-state index in [2.05, 4.69) is 43.8 Å². The van der Waals surface area contributed by atoms with Gasteiger partial charge in [0.15, 0.2) is 6.61 Å². The first-order chi connectivity index (χ1) is 9.54. The van der Waals surface area contributed by atoms with E-state index in [4.69, 9.17) is 4.74 Å². The normalized spacial score (nSPS) is 10.2. The molecular formula is C14H10BrFINO2. The minimum Gasteiger partial charge on any atom is -0.484 e. The lowest BCUT2D eigenvalue weighted by atomic mass is 10.3. The number of hydrogen-bond donors (Lipinski definition) is 1. The minimum atomic E-state index is -0.370. The summed E-state index contributed by atoms with van der Waals surface area (Å²) in [6.07, 6.45) is 0. The zero-order valence-corrected chi connectivity index (χ0v) is 13.9. The first-order valence-corrected chi connectivity index (χ1v) is 7.55. The van der Waals surface area contributed by atoms with Crippen LogP contribution in [0.1, 0.15) is 0 Å². The van der Waals surface area contributed by atoms with Crippen molar-refractivity contribution in [3.8, 4) is 5.75 Å². The average Bonchev–Trinajstić information content (AvgIpc) is 2.41. The summed E-state index contributed by atoms with van der Waals surface area (Å²) in [5.41, 5.74) is 0.502. The summed E-state index contributed by atoms with van der Waals surface area (Å²) in [7, 11) is 0. The molecule has 0 saturated heterocycles. The van der Waals surface area contributed by atoms with Crippen LogP contribution in [0.3, 0.4) is 0 Å². The highest BCUT2D eigenvalue weighted by molar-refractivity contribution is 14.1. The van der Waals surface area contributed by atoms with E-state index in [0.29, 0.717) is 15.9 Å². The van der Waals surface area contributed by atoms with Gasteiger partial charge in [0.25, 0.3) is 5.91 Å². The van der Waals surface area contributed by atoms with Crippen molar-refractivity contribution in [3.05, 3.63) is 56.3 Å². The molecule has 0 saturated carbocycles. The quantitative estimate of drug-likeness (QED) is 0.710. The smallest absolute Gasteiger partial charge is 0.262 e. The summed E-state index contributed by atoms with van der Waals surface area (Å²) in [4.78, 5) is 11.7. The van der Waals surface area contributed by atoms with Gasteiger partial charge >= 0.3 is 0 Å². The summed E-state index contributed by atoms with van der Waals surface area (Å²) in [5.74, 6) is -0.0559. The Morgan fingerprint density at radius 3 is 2.60 bits per heavy atom. The molecule has 0 spiro atoms. The summed E-state index contributed by atoms with van der Waals surface area (Å²) in [6, 6.07) is 11.4. The number of amides is 1. The molecule has 0 unspecified atom stereocenters. The molecule has 0 aliphatic carbocycles. The van der Waals surface area contributed by atoms with Crippen LogP contribution in [0, 0.1) is 9.39 Å². The van der Waals surface area contributed by atoms with Gasteiger partial charge in [-0.2, -0.15) is 0 Å². The third-order valence-corrected chi connectivity index (χ3v) is 3.76. The molecule has 3 nitrogen and oxygen atoms in total. The van der Waals surface area contributed by atoms with Crippen LogP contribution >= 0.6 is 38.5 Å². The van der Waals surface area contributed by atoms with Crippen LogP contribution < -0.4 is 10.1 Å². The van der Waals surface area contributed by atoms with E-state index in [1.165, 1.54) is 18.2 Å². The van der Waals surface area contributed by atoms with Crippen LogP contribution in [0.2, 0.25) is 0 Å². The number of carbonyl (C=O) groups excluding carboxylic acids is 1. The monoisotopic (exact) mass is 449 g/mol. The molecule has 2 rings (SSSR count). The molecular weight excluding hydrogens is 440 g/mol. The number of anilines is 1. The molecule has 0 radical (unpaired) electrons. The molecule has 0 aromatic heterocycles. The summed E-state index contributed by atoms with van der Waals surface area (Å²) in [6.45, 7) is -0.107. The SMILES string of the molecule is O=C(COc1ccc(I)cc1)Nc1ccc(F)cc1Br. The molecule has 0 aliphatic rings. The Labute approximate surface area is 137 Å². The molecule has 0 bridgehead atoms. The zero-order chi connectivity index (χ0) is 14.5. The Hall–Kier alpha value is -1.15. The molecule has 20 heavy (non-hydrogen) atoms. The number of rotatable bonds is 4. The summed E-state index contributed by atoms with van der Waals surface area (Å²) >= 11 is 5.37. The second-order valence-electron chi connectivity index (χ2n) is 3.91. The van der Waals surface area contributed by atoms with Crippen LogP contribution in [-0.4, -0.2) is 12.5 Å². The molecule has 0 aliphatic heterocycles. The van der Waals surface area contributed by atoms with E-state index in [0.717, 1.165) is 3.57 Å². The molecule has 104 valence electrons. The molecule has 0 heterocycles. The van der Waals surface area contributed by atoms with Crippen molar-refractivity contribution >= 4 is 50.1 Å². The van der Waals surface area contributed by atoms with Crippen molar-refractivity contribution in [2.75, 3.05) is 11.9 Å². The van der Waals surface area contributed by atoms with Crippen molar-refractivity contribution < 1.29 is 13.9 Å². The van der Waals surface area contributed by atoms with Crippen LogP contribution in [0.4, 0.5) is 10.1 Å². The Balaban J connectivity index is 1.90. The fraction of sp³-hybridized carbons (Fsp3) is 0.0714. The number of halogens is 3. The second-order valence-corrected chi connectivity index (χ2v) is 6.01. The molecule has 2 aromatic rings. The van der Waals surface area contributed by atoms with Crippen molar-refractivity contribution in [1.29, 1.82) is 0 Å². The van der Waals surface area contributed by atoms with E-state index in [9.17, 15) is 9.18 Å². The van der Waals surface area contributed by atoms with Crippen LogP contribution in [0.25, 0.3) is 0 Å². The van der Waals surface area contributed by atoms with Crippen molar-refractivity contribution in [2.45, 2.75) is 0 Å². The maximum atomic E-state index is 12.9. The Morgan fingerprint density at radius 2 is 1.95 bits per heavy atom. The van der Waals surface area contributed by atoms with Gasteiger partial charge in [-0.15, -0.1) is 0 Å². The lowest BCUT2D eigenvalue weighted by Crippen LogP contribution is -2.20. The van der Waals surface area contributed by atoms with Crippen LogP contribution in [-0.2, 0) is 4.79 Å². The van der Waals surface area contributed by atoms with Gasteiger partial charge in [-0.25, -0.2) is 4.39 Å². The molecule has 0 fully saturated rings. The Morgan fingerprint density at radius 1 is 1.25 bits per heavy atom. The number of benzene rings is 2. The first-order valence-electron chi connectivity index (χ1n) is 5.68. The number of hydrogen-bond acceptors (Lipinski definition) is 2. The standard InChI is InChI=1S/C14H10BrFINO2/c15-12-7-9(16)1-6-13(12)18-14(19)8-20-11-4-2-10(17)3-5-11/h1-7H,8H2,(H,18,19). The minimum absolute atomic E-state index is 0.107. The van der Waals surface area contributed by atoms with Crippen molar-refractivity contribution in [2.24, 2.45) is 0 Å². The van der Waals surface area contributed by atoms with Gasteiger partial charge in [0.1, 0.15) is 11.6 Å². The van der Waals surface area contributed by atoms with Gasteiger partial charge in [0, 0.05) is 8.04 Å². The van der Waals surface area contributed by atoms with Gasteiger partial charge in [-0.05, 0) is 81.0 Å². The largest absolute Gasteiger partial charge is 0.484 e. The lowest BCUT2D eigenvalue weighted by molar-refractivity contribution is -0.118. The van der Waals surface area contributed by atoms with Gasteiger partial charge in [-0.3, -0.25) is 4.79 Å². The fourth-order valence-electron chi connectivity index (χ4n) is 1.46. The predicted molar refractivity (Wildman–Crippen MR) is 87.4 cm³/mol. The van der Waals surface area contributed by atoms with E-state index in [-0.39, 0.29) is 18.3 Å². The third-order valence-electron chi connectivity index (χ3n) is 2.39. The van der Waals surface area contributed by atoms with E-state index >= 15 is 0 Å². The van der Waals surface area contributed by atoms with E-state index in [1.54, 1.807) is 12.1 Å². The highest BCUT2D eigenvalue weighted by Crippen LogP contribution is 2.23. The fourth-order valence-corrected chi connectivity index (χ4v) is 2.27. The van der Waals surface area contributed by atoms with Gasteiger partial charge in [0.05, 0.1) is 5.69 Å². The van der Waals surface area contributed by atoms with Gasteiger partial charge in [-0.1, -0.05) is 0 Å². The number of ether oxygens (including phenoxy) is 1. The Bertz CT molecular complexity index is 619. The Kier molecular flexibility index (Phi) is 5.36. The number of nitrogens with one attached hydrogen (secondary N) is 1. The highest BCUT2D eigenvalue weighted by Gasteiger charge is 2.07. The molecule has 1 N–H and O–H groups in total. The molecule has 1 amide bonds. The maximum absolute atomic E-state index is 12.9. The average molecular weight is 450 g/mol. The summed E-state index contributed by atoms with van der Waals surface area (Å²) < 4.78 is 19.9. The van der Waals surface area contributed by atoms with Crippen molar-refractivity contribution in [1.82, 2.24) is 0 Å². The first kappa shape index (κ1) is 15.2. The van der Waals surface area contributed by atoms with Crippen LogP contribution in [0.5, 0.6) is 5.75 Å². The number of carbonyl (C=O) groups is 1. The van der Waals surface area contributed by atoms with E-state index < -0.39 is 0 Å². The van der Waals surface area contributed by atoms with Crippen LogP contribution in [0.15, 0.2) is 46.9 Å². The van der Waals surface area contributed by atoms with Gasteiger partial charge in [0.2, 0.25) is 0 Å². The van der Waals surface area contributed by atoms with Crippen molar-refractivity contribution in [3.63, 3.8) is 0 Å². The predicted octanol–water partition coefficient (Wildman–Crippen LogP) is 4.21. The molecule has 0 atom stereocenters. The second kappa shape index (κ2) is 7.03. The maximum Gasteiger partial charge on any atom is 0.262 e.